The summed E-state index contributed by atoms with van der Waals surface area (Å²) < 4.78 is 16.5. The predicted molar refractivity (Wildman–Crippen MR) is 128 cm³/mol. The van der Waals surface area contributed by atoms with Crippen LogP contribution in [0.5, 0.6) is 5.75 Å². The molecular weight excluding hydrogens is 498 g/mol. The summed E-state index contributed by atoms with van der Waals surface area (Å²) in [5.74, 6) is 0.108. The number of ether oxygens (including phenoxy) is 3. The molecule has 2 amide bonds. The average molecular weight is 522 g/mol. The molecule has 0 unspecified atom stereocenters. The van der Waals surface area contributed by atoms with E-state index in [0.717, 1.165) is 0 Å². The first-order valence-corrected chi connectivity index (χ1v) is 11.2. The van der Waals surface area contributed by atoms with Crippen LogP contribution in [-0.4, -0.2) is 68.5 Å². The second kappa shape index (κ2) is 11.9. The minimum Gasteiger partial charge on any atom is -0.490 e. The van der Waals surface area contributed by atoms with Crippen LogP contribution in [0, 0.1) is 0 Å². The summed E-state index contributed by atoms with van der Waals surface area (Å²) in [7, 11) is 1.60. The molecule has 1 heterocycles. The fourth-order valence-electron chi connectivity index (χ4n) is 3.04. The molecule has 2 aromatic rings. The lowest BCUT2D eigenvalue weighted by atomic mass is 10.1. The summed E-state index contributed by atoms with van der Waals surface area (Å²) in [6, 6.07) is 12.0. The second-order valence-corrected chi connectivity index (χ2v) is 8.11. The van der Waals surface area contributed by atoms with E-state index in [0.29, 0.717) is 66.6 Å². The molecule has 2 N–H and O–H groups in total. The molecule has 0 atom stereocenters. The maximum Gasteiger partial charge on any atom is 0.257 e. The van der Waals surface area contributed by atoms with Crippen molar-refractivity contribution < 1.29 is 23.8 Å². The Morgan fingerprint density at radius 1 is 1.16 bits per heavy atom. The molecule has 1 aliphatic rings. The van der Waals surface area contributed by atoms with Gasteiger partial charge < -0.3 is 24.4 Å². The van der Waals surface area contributed by atoms with Gasteiger partial charge in [0.25, 0.3) is 11.8 Å². The number of carbonyl (C=O) groups excluding carboxylic acids is 2. The van der Waals surface area contributed by atoms with Crippen molar-refractivity contribution in [2.45, 2.75) is 0 Å². The van der Waals surface area contributed by atoms with Gasteiger partial charge in [-0.2, -0.15) is 0 Å². The Morgan fingerprint density at radius 3 is 2.62 bits per heavy atom. The highest BCUT2D eigenvalue weighted by molar-refractivity contribution is 9.10. The first-order valence-electron chi connectivity index (χ1n) is 9.99. The number of anilines is 1. The molecule has 0 spiro atoms. The minimum absolute atomic E-state index is 0.0915. The maximum absolute atomic E-state index is 12.9. The lowest BCUT2D eigenvalue weighted by Gasteiger charge is -2.27. The van der Waals surface area contributed by atoms with Crippen LogP contribution in [0.3, 0.4) is 0 Å². The fourth-order valence-corrected chi connectivity index (χ4v) is 3.73. The Morgan fingerprint density at radius 2 is 1.91 bits per heavy atom. The maximum atomic E-state index is 12.9. The number of rotatable bonds is 7. The highest BCUT2D eigenvalue weighted by atomic mass is 79.9. The number of thiocarbonyl (C=S) groups is 1. The summed E-state index contributed by atoms with van der Waals surface area (Å²) in [5.41, 5.74) is 1.40. The predicted octanol–water partition coefficient (Wildman–Crippen LogP) is 3.07. The Labute approximate surface area is 200 Å². The average Bonchev–Trinajstić information content (AvgIpc) is 2.80. The van der Waals surface area contributed by atoms with E-state index in [1.165, 1.54) is 0 Å². The molecule has 32 heavy (non-hydrogen) atoms. The van der Waals surface area contributed by atoms with E-state index in [2.05, 4.69) is 26.6 Å². The van der Waals surface area contributed by atoms with E-state index in [-0.39, 0.29) is 16.9 Å². The van der Waals surface area contributed by atoms with Crippen LogP contribution in [0.4, 0.5) is 5.69 Å². The van der Waals surface area contributed by atoms with E-state index in [1.807, 2.05) is 0 Å². The van der Waals surface area contributed by atoms with Crippen molar-refractivity contribution in [3.8, 4) is 5.75 Å². The number of nitrogens with one attached hydrogen (secondary N) is 2. The van der Waals surface area contributed by atoms with Gasteiger partial charge in [0.2, 0.25) is 0 Å². The van der Waals surface area contributed by atoms with Gasteiger partial charge in [-0.3, -0.25) is 14.9 Å². The smallest absolute Gasteiger partial charge is 0.257 e. The summed E-state index contributed by atoms with van der Waals surface area (Å²) in [6.07, 6.45) is 0. The van der Waals surface area contributed by atoms with Gasteiger partial charge in [-0.15, -0.1) is 0 Å². The van der Waals surface area contributed by atoms with Crippen LogP contribution >= 0.6 is 28.1 Å². The zero-order valence-corrected chi connectivity index (χ0v) is 20.0. The van der Waals surface area contributed by atoms with Gasteiger partial charge in [0, 0.05) is 25.8 Å². The Balaban J connectivity index is 1.63. The van der Waals surface area contributed by atoms with Gasteiger partial charge in [0.1, 0.15) is 12.4 Å². The molecule has 10 heteroatoms. The van der Waals surface area contributed by atoms with E-state index < -0.39 is 0 Å². The summed E-state index contributed by atoms with van der Waals surface area (Å²) in [4.78, 5) is 27.2. The number of methoxy groups -OCH3 is 1. The molecule has 0 saturated carbocycles. The molecular formula is C22H24BrN3O5S. The van der Waals surface area contributed by atoms with Crippen molar-refractivity contribution in [2.24, 2.45) is 0 Å². The third kappa shape index (κ3) is 6.49. The van der Waals surface area contributed by atoms with Crippen LogP contribution in [-0.2, 0) is 9.47 Å². The van der Waals surface area contributed by atoms with E-state index >= 15 is 0 Å². The van der Waals surface area contributed by atoms with Crippen molar-refractivity contribution in [3.05, 3.63) is 58.1 Å². The van der Waals surface area contributed by atoms with Gasteiger partial charge in [-0.25, -0.2) is 0 Å². The number of hydrogen-bond acceptors (Lipinski definition) is 6. The second-order valence-electron chi connectivity index (χ2n) is 6.84. The topological polar surface area (TPSA) is 89.1 Å². The molecule has 2 aromatic carbocycles. The monoisotopic (exact) mass is 521 g/mol. The number of morpholine rings is 1. The molecule has 0 bridgehead atoms. The largest absolute Gasteiger partial charge is 0.490 e. The minimum atomic E-state index is -0.386. The quantitative estimate of drug-likeness (QED) is 0.427. The first kappa shape index (κ1) is 24.1. The SMILES string of the molecule is COCCOc1ccc(C(=O)NC(=S)Nc2ccccc2C(=O)N2CCOCC2)cc1Br. The molecule has 0 aliphatic carbocycles. The van der Waals surface area contributed by atoms with Gasteiger partial charge in [-0.05, 0) is 58.5 Å². The lowest BCUT2D eigenvalue weighted by molar-refractivity contribution is 0.0303. The van der Waals surface area contributed by atoms with Crippen molar-refractivity contribution in [1.29, 1.82) is 0 Å². The number of hydrogen-bond donors (Lipinski definition) is 2. The zero-order valence-electron chi connectivity index (χ0n) is 17.6. The summed E-state index contributed by atoms with van der Waals surface area (Å²) in [5, 5.41) is 5.70. The van der Waals surface area contributed by atoms with Crippen LogP contribution in [0.1, 0.15) is 20.7 Å². The van der Waals surface area contributed by atoms with Crippen LogP contribution in [0.15, 0.2) is 46.9 Å². The van der Waals surface area contributed by atoms with Crippen LogP contribution in [0.2, 0.25) is 0 Å². The number of para-hydroxylation sites is 1. The van der Waals surface area contributed by atoms with Crippen molar-refractivity contribution in [3.63, 3.8) is 0 Å². The van der Waals surface area contributed by atoms with Gasteiger partial charge in [-0.1, -0.05) is 12.1 Å². The van der Waals surface area contributed by atoms with E-state index in [9.17, 15) is 9.59 Å². The molecule has 1 saturated heterocycles. The highest BCUT2D eigenvalue weighted by Crippen LogP contribution is 2.26. The van der Waals surface area contributed by atoms with E-state index in [4.69, 9.17) is 26.4 Å². The number of carbonyl (C=O) groups is 2. The Bertz CT molecular complexity index is 982. The molecule has 0 aromatic heterocycles. The van der Waals surface area contributed by atoms with Crippen LogP contribution in [0.25, 0.3) is 0 Å². The first-order chi connectivity index (χ1) is 15.5. The molecule has 3 rings (SSSR count). The molecule has 0 radical (unpaired) electrons. The third-order valence-corrected chi connectivity index (χ3v) is 5.49. The van der Waals surface area contributed by atoms with Crippen molar-refractivity contribution in [2.75, 3.05) is 51.9 Å². The van der Waals surface area contributed by atoms with Crippen molar-refractivity contribution >= 4 is 50.8 Å². The number of halogens is 1. The molecule has 8 nitrogen and oxygen atoms in total. The Kier molecular flexibility index (Phi) is 8.98. The summed E-state index contributed by atoms with van der Waals surface area (Å²) in [6.45, 7) is 2.97. The van der Waals surface area contributed by atoms with Gasteiger partial charge in [0.05, 0.1) is 35.5 Å². The highest BCUT2D eigenvalue weighted by Gasteiger charge is 2.21. The third-order valence-electron chi connectivity index (χ3n) is 4.67. The number of nitrogens with zero attached hydrogens (tertiary/aromatic N) is 1. The molecule has 170 valence electrons. The van der Waals surface area contributed by atoms with E-state index in [1.54, 1.807) is 54.5 Å². The van der Waals surface area contributed by atoms with Crippen molar-refractivity contribution in [1.82, 2.24) is 10.2 Å². The Hall–Kier alpha value is -2.53. The summed E-state index contributed by atoms with van der Waals surface area (Å²) >= 11 is 8.71. The fraction of sp³-hybridized carbons (Fsp3) is 0.318. The zero-order chi connectivity index (χ0) is 22.9. The van der Waals surface area contributed by atoms with Crippen LogP contribution < -0.4 is 15.4 Å². The molecule has 1 fully saturated rings. The van der Waals surface area contributed by atoms with Gasteiger partial charge >= 0.3 is 0 Å². The van der Waals surface area contributed by atoms with Gasteiger partial charge in [0.15, 0.2) is 5.11 Å². The standard InChI is InChI=1S/C22H24BrN3O5S/c1-29-12-13-31-19-7-6-15(14-17(19)23)20(27)25-22(32)24-18-5-3-2-4-16(18)21(28)26-8-10-30-11-9-26/h2-7,14H,8-13H2,1H3,(H2,24,25,27,32). The molecule has 1 aliphatic heterocycles. The number of benzene rings is 2. The number of amides is 2. The lowest BCUT2D eigenvalue weighted by Crippen LogP contribution is -2.41. The normalized spacial score (nSPS) is 13.4.